The molecule has 0 heterocycles. The molecule has 0 radical (unpaired) electrons. The van der Waals surface area contributed by atoms with E-state index in [2.05, 4.69) is 4.72 Å². The number of nitrogens with zero attached hydrogens (tertiary/aromatic N) is 1. The Morgan fingerprint density at radius 3 is 2.19 bits per heavy atom. The number of amides is 1. The molecule has 0 atom stereocenters. The van der Waals surface area contributed by atoms with Crippen molar-refractivity contribution in [2.75, 3.05) is 13.1 Å². The Morgan fingerprint density at radius 1 is 1.00 bits per heavy atom. The van der Waals surface area contributed by atoms with Gasteiger partial charge in [0.15, 0.2) is 0 Å². The topological polar surface area (TPSA) is 66.5 Å². The molecule has 0 bridgehead atoms. The number of benzene rings is 2. The van der Waals surface area contributed by atoms with Crippen LogP contribution in [0.25, 0.3) is 0 Å². The fraction of sp³-hybridized carbons (Fsp3) is 0.381. The number of aryl methyl sites for hydroxylation is 1. The first-order valence-corrected chi connectivity index (χ1v) is 10.8. The second kappa shape index (κ2) is 9.67. The highest BCUT2D eigenvalue weighted by molar-refractivity contribution is 7.89. The zero-order valence-corrected chi connectivity index (χ0v) is 17.1. The molecule has 1 amide bonds. The number of rotatable bonds is 9. The van der Waals surface area contributed by atoms with Crippen LogP contribution in [0, 0.1) is 6.92 Å². The molecule has 6 heteroatoms. The number of nitrogens with one attached hydrogen (secondary N) is 1. The minimum absolute atomic E-state index is 0.0598. The molecule has 5 nitrogen and oxygen atoms in total. The van der Waals surface area contributed by atoms with Gasteiger partial charge in [-0.05, 0) is 49.6 Å². The Bertz CT molecular complexity index is 855. The van der Waals surface area contributed by atoms with E-state index in [-0.39, 0.29) is 17.3 Å². The molecule has 0 aliphatic rings. The lowest BCUT2D eigenvalue weighted by Gasteiger charge is -2.21. The lowest BCUT2D eigenvalue weighted by Crippen LogP contribution is -2.32. The molecule has 0 fully saturated rings. The van der Waals surface area contributed by atoms with Gasteiger partial charge in [-0.3, -0.25) is 4.79 Å². The van der Waals surface area contributed by atoms with Crippen LogP contribution < -0.4 is 4.72 Å². The van der Waals surface area contributed by atoms with Crippen LogP contribution in [0.2, 0.25) is 0 Å². The summed E-state index contributed by atoms with van der Waals surface area (Å²) in [5.74, 6) is -0.0598. The lowest BCUT2D eigenvalue weighted by atomic mass is 10.1. The summed E-state index contributed by atoms with van der Waals surface area (Å²) in [7, 11) is -3.63. The molecule has 0 aliphatic carbocycles. The molecular formula is C21H28N2O3S. The largest absolute Gasteiger partial charge is 0.339 e. The molecule has 146 valence electrons. The van der Waals surface area contributed by atoms with Gasteiger partial charge >= 0.3 is 0 Å². The highest BCUT2D eigenvalue weighted by atomic mass is 32.2. The van der Waals surface area contributed by atoms with Crippen molar-refractivity contribution in [3.05, 3.63) is 65.2 Å². The molecule has 2 aromatic carbocycles. The monoisotopic (exact) mass is 388 g/mol. The molecule has 0 aliphatic heterocycles. The van der Waals surface area contributed by atoms with E-state index in [1.807, 2.05) is 45.0 Å². The van der Waals surface area contributed by atoms with Gasteiger partial charge in [-0.15, -0.1) is 0 Å². The molecule has 1 N–H and O–H groups in total. The van der Waals surface area contributed by atoms with Gasteiger partial charge in [0.05, 0.1) is 4.90 Å². The van der Waals surface area contributed by atoms with Gasteiger partial charge in [0.25, 0.3) is 5.91 Å². The van der Waals surface area contributed by atoms with Crippen LogP contribution in [-0.4, -0.2) is 32.3 Å². The standard InChI is InChI=1S/C21H28N2O3S/c1-4-13-23(14-5-2)21(24)19-9-11-20(12-10-19)27(25,26)22-16-18-8-6-7-17(3)15-18/h6-12,15,22H,4-5,13-14,16H2,1-3H3. The quantitative estimate of drug-likeness (QED) is 0.712. The smallest absolute Gasteiger partial charge is 0.253 e. The molecule has 27 heavy (non-hydrogen) atoms. The summed E-state index contributed by atoms with van der Waals surface area (Å²) in [4.78, 5) is 14.6. The van der Waals surface area contributed by atoms with E-state index in [0.29, 0.717) is 18.7 Å². The Balaban J connectivity index is 2.09. The Morgan fingerprint density at radius 2 is 1.63 bits per heavy atom. The first-order chi connectivity index (χ1) is 12.9. The van der Waals surface area contributed by atoms with E-state index in [4.69, 9.17) is 0 Å². The van der Waals surface area contributed by atoms with Crippen LogP contribution in [0.5, 0.6) is 0 Å². The second-order valence-corrected chi connectivity index (χ2v) is 8.40. The molecule has 2 rings (SSSR count). The molecule has 0 aromatic heterocycles. The first-order valence-electron chi connectivity index (χ1n) is 9.32. The van der Waals surface area contributed by atoms with Crippen molar-refractivity contribution in [1.29, 1.82) is 0 Å². The van der Waals surface area contributed by atoms with Gasteiger partial charge in [-0.2, -0.15) is 0 Å². The van der Waals surface area contributed by atoms with Crippen LogP contribution in [0.15, 0.2) is 53.4 Å². The molecular weight excluding hydrogens is 360 g/mol. The van der Waals surface area contributed by atoms with E-state index in [1.165, 1.54) is 12.1 Å². The normalized spacial score (nSPS) is 11.4. The van der Waals surface area contributed by atoms with Crippen LogP contribution in [0.3, 0.4) is 0 Å². The third-order valence-electron chi connectivity index (χ3n) is 4.23. The van der Waals surface area contributed by atoms with Crippen LogP contribution in [0.4, 0.5) is 0 Å². The van der Waals surface area contributed by atoms with Gasteiger partial charge in [0.2, 0.25) is 10.0 Å². The Hall–Kier alpha value is -2.18. The molecule has 2 aromatic rings. The summed E-state index contributed by atoms with van der Waals surface area (Å²) in [6.07, 6.45) is 1.78. The highest BCUT2D eigenvalue weighted by Gasteiger charge is 2.17. The maximum absolute atomic E-state index is 12.6. The Kier molecular flexibility index (Phi) is 7.56. The first kappa shape index (κ1) is 21.1. The fourth-order valence-electron chi connectivity index (χ4n) is 2.90. The summed E-state index contributed by atoms with van der Waals surface area (Å²) < 4.78 is 27.6. The maximum atomic E-state index is 12.6. The third-order valence-corrected chi connectivity index (χ3v) is 5.65. The van der Waals surface area contributed by atoms with Gasteiger partial charge < -0.3 is 4.90 Å². The van der Waals surface area contributed by atoms with Crippen LogP contribution in [-0.2, 0) is 16.6 Å². The molecule has 0 saturated heterocycles. The van der Waals surface area contributed by atoms with Crippen LogP contribution in [0.1, 0.15) is 48.2 Å². The van der Waals surface area contributed by atoms with E-state index in [0.717, 1.165) is 24.0 Å². The third kappa shape index (κ3) is 5.91. The molecule has 0 spiro atoms. The Labute approximate surface area is 162 Å². The number of carbonyl (C=O) groups excluding carboxylic acids is 1. The van der Waals surface area contributed by atoms with E-state index in [9.17, 15) is 13.2 Å². The van der Waals surface area contributed by atoms with Gasteiger partial charge in [0, 0.05) is 25.2 Å². The predicted octanol–water partition coefficient (Wildman–Crippen LogP) is 3.74. The zero-order valence-electron chi connectivity index (χ0n) is 16.2. The number of sulfonamides is 1. The van der Waals surface area contributed by atoms with Crippen molar-refractivity contribution in [3.8, 4) is 0 Å². The van der Waals surface area contributed by atoms with Crippen molar-refractivity contribution in [2.45, 2.75) is 45.1 Å². The minimum atomic E-state index is -3.63. The lowest BCUT2D eigenvalue weighted by molar-refractivity contribution is 0.0755. The van der Waals surface area contributed by atoms with E-state index >= 15 is 0 Å². The van der Waals surface area contributed by atoms with Crippen molar-refractivity contribution >= 4 is 15.9 Å². The zero-order chi connectivity index (χ0) is 19.9. The predicted molar refractivity (Wildman–Crippen MR) is 108 cm³/mol. The maximum Gasteiger partial charge on any atom is 0.253 e. The summed E-state index contributed by atoms with van der Waals surface area (Å²) in [5.41, 5.74) is 2.49. The molecule has 0 unspecified atom stereocenters. The highest BCUT2D eigenvalue weighted by Crippen LogP contribution is 2.14. The van der Waals surface area contributed by atoms with Gasteiger partial charge in [-0.25, -0.2) is 13.1 Å². The summed E-state index contributed by atoms with van der Waals surface area (Å²) in [5, 5.41) is 0. The molecule has 0 saturated carbocycles. The summed E-state index contributed by atoms with van der Waals surface area (Å²) >= 11 is 0. The van der Waals surface area contributed by atoms with Crippen molar-refractivity contribution in [2.24, 2.45) is 0 Å². The average molecular weight is 389 g/mol. The van der Waals surface area contributed by atoms with Gasteiger partial charge in [-0.1, -0.05) is 43.7 Å². The average Bonchev–Trinajstić information content (AvgIpc) is 2.66. The van der Waals surface area contributed by atoms with Crippen molar-refractivity contribution in [1.82, 2.24) is 9.62 Å². The van der Waals surface area contributed by atoms with Crippen molar-refractivity contribution in [3.63, 3.8) is 0 Å². The van der Waals surface area contributed by atoms with Crippen molar-refractivity contribution < 1.29 is 13.2 Å². The second-order valence-electron chi connectivity index (χ2n) is 6.63. The SMILES string of the molecule is CCCN(CCC)C(=O)c1ccc(S(=O)(=O)NCc2cccc(C)c2)cc1. The summed E-state index contributed by atoms with van der Waals surface area (Å²) in [6.45, 7) is 7.66. The van der Waals surface area contributed by atoms with Crippen LogP contribution >= 0.6 is 0 Å². The fourth-order valence-corrected chi connectivity index (χ4v) is 3.92. The minimum Gasteiger partial charge on any atom is -0.339 e. The number of hydrogen-bond donors (Lipinski definition) is 1. The van der Waals surface area contributed by atoms with Gasteiger partial charge in [0.1, 0.15) is 0 Å². The number of carbonyl (C=O) groups is 1. The van der Waals surface area contributed by atoms with E-state index < -0.39 is 10.0 Å². The summed E-state index contributed by atoms with van der Waals surface area (Å²) in [6, 6.07) is 13.8. The number of hydrogen-bond acceptors (Lipinski definition) is 3. The van der Waals surface area contributed by atoms with E-state index in [1.54, 1.807) is 17.0 Å².